The lowest BCUT2D eigenvalue weighted by molar-refractivity contribution is -0.127. The fourth-order valence-electron chi connectivity index (χ4n) is 4.97. The van der Waals surface area contributed by atoms with Crippen LogP contribution in [0.3, 0.4) is 0 Å². The number of hydrogen-bond donors (Lipinski definition) is 2. The maximum atomic E-state index is 12.0. The topological polar surface area (TPSA) is 106 Å². The van der Waals surface area contributed by atoms with E-state index >= 15 is 0 Å². The Balaban J connectivity index is 1.56. The van der Waals surface area contributed by atoms with Crippen LogP contribution < -0.4 is 5.73 Å². The number of carbonyl (C=O) groups excluding carboxylic acids is 1. The number of rotatable bonds is 9. The Morgan fingerprint density at radius 1 is 1.11 bits per heavy atom. The highest BCUT2D eigenvalue weighted by molar-refractivity contribution is 6.07. The van der Waals surface area contributed by atoms with Crippen molar-refractivity contribution in [2.45, 2.75) is 38.8 Å². The van der Waals surface area contributed by atoms with Crippen LogP contribution in [-0.2, 0) is 29.1 Å². The normalized spacial score (nSPS) is 14.0. The first-order valence-corrected chi connectivity index (χ1v) is 12.1. The third kappa shape index (κ3) is 4.59. The summed E-state index contributed by atoms with van der Waals surface area (Å²) < 4.78 is 7.55. The quantitative estimate of drug-likeness (QED) is 0.385. The molecule has 1 aliphatic heterocycles. The van der Waals surface area contributed by atoms with Crippen LogP contribution in [0.4, 0.5) is 5.82 Å². The zero-order valence-electron chi connectivity index (χ0n) is 20.0. The van der Waals surface area contributed by atoms with Gasteiger partial charge >= 0.3 is 0 Å². The first-order chi connectivity index (χ1) is 17.1. The lowest BCUT2D eigenvalue weighted by atomic mass is 10.0. The minimum atomic E-state index is -0.000294. The van der Waals surface area contributed by atoms with E-state index in [0.29, 0.717) is 30.8 Å². The number of aliphatic hydroxyl groups is 1. The van der Waals surface area contributed by atoms with E-state index in [-0.39, 0.29) is 12.5 Å². The molecule has 0 bridgehead atoms. The first kappa shape index (κ1) is 23.3. The highest BCUT2D eigenvalue weighted by Crippen LogP contribution is 2.32. The second-order valence-electron chi connectivity index (χ2n) is 9.05. The predicted molar refractivity (Wildman–Crippen MR) is 137 cm³/mol. The fourth-order valence-corrected chi connectivity index (χ4v) is 4.97. The molecule has 0 aliphatic carbocycles. The number of pyridine rings is 1. The van der Waals surface area contributed by atoms with Crippen molar-refractivity contribution in [2.24, 2.45) is 0 Å². The van der Waals surface area contributed by atoms with Crippen LogP contribution in [-0.4, -0.2) is 57.3 Å². The molecule has 182 valence electrons. The molecule has 35 heavy (non-hydrogen) atoms. The van der Waals surface area contributed by atoms with Crippen LogP contribution in [0.5, 0.6) is 0 Å². The van der Waals surface area contributed by atoms with Gasteiger partial charge in [0.2, 0.25) is 5.91 Å². The summed E-state index contributed by atoms with van der Waals surface area (Å²) >= 11 is 0. The largest absolute Gasteiger partial charge is 0.392 e. The van der Waals surface area contributed by atoms with Crippen LogP contribution in [0.25, 0.3) is 33.1 Å². The second-order valence-corrected chi connectivity index (χ2v) is 9.05. The number of imidazole rings is 1. The molecule has 4 aromatic rings. The van der Waals surface area contributed by atoms with Gasteiger partial charge in [0.05, 0.1) is 24.2 Å². The molecule has 2 aromatic heterocycles. The van der Waals surface area contributed by atoms with Gasteiger partial charge in [-0.3, -0.25) is 4.79 Å². The Morgan fingerprint density at radius 2 is 1.97 bits per heavy atom. The van der Waals surface area contributed by atoms with Crippen molar-refractivity contribution in [3.05, 3.63) is 53.9 Å². The van der Waals surface area contributed by atoms with Crippen LogP contribution >= 0.6 is 0 Å². The Hall–Kier alpha value is -3.49. The van der Waals surface area contributed by atoms with Gasteiger partial charge in [-0.15, -0.1) is 0 Å². The molecule has 3 heterocycles. The summed E-state index contributed by atoms with van der Waals surface area (Å²) in [5.74, 6) is 1.56. The highest BCUT2D eigenvalue weighted by Gasteiger charge is 2.21. The smallest absolute Gasteiger partial charge is 0.222 e. The van der Waals surface area contributed by atoms with Gasteiger partial charge in [-0.2, -0.15) is 0 Å². The van der Waals surface area contributed by atoms with Crippen molar-refractivity contribution in [1.82, 2.24) is 19.4 Å². The molecule has 5 rings (SSSR count). The number of benzene rings is 2. The summed E-state index contributed by atoms with van der Waals surface area (Å²) in [5, 5.41) is 10.5. The van der Waals surface area contributed by atoms with Gasteiger partial charge in [0.1, 0.15) is 11.3 Å². The van der Waals surface area contributed by atoms with Gasteiger partial charge in [-0.25, -0.2) is 9.97 Å². The monoisotopic (exact) mass is 473 g/mol. The number of nitrogen functional groups attached to an aromatic ring is 1. The van der Waals surface area contributed by atoms with E-state index in [1.165, 1.54) is 0 Å². The van der Waals surface area contributed by atoms with Gasteiger partial charge in [0.15, 0.2) is 5.82 Å². The standard InChI is InChI=1S/C27H31N5O3/c1-35-14-10-23-30-25-26(32(23)13-4-12-31-11-3-7-24(31)34)21-9-8-20(16-22(21)29-27(25)28)19-6-2-5-18(15-19)17-33/h2,5-6,8-9,15-16,33H,3-4,7,10-14,17H2,1H3,(H2,28,29). The molecule has 1 fully saturated rings. The van der Waals surface area contributed by atoms with Crippen molar-refractivity contribution in [1.29, 1.82) is 0 Å². The summed E-state index contributed by atoms with van der Waals surface area (Å²) in [5.41, 5.74) is 11.8. The number of likely N-dealkylation sites (tertiary alicyclic amines) is 1. The number of ether oxygens (including phenoxy) is 1. The number of nitrogens with zero attached hydrogens (tertiary/aromatic N) is 4. The Labute approximate surface area is 204 Å². The molecule has 3 N–H and O–H groups in total. The number of carbonyl (C=O) groups is 1. The number of aliphatic hydroxyl groups excluding tert-OH is 1. The lowest BCUT2D eigenvalue weighted by Crippen LogP contribution is -2.26. The number of nitrogens with two attached hydrogens (primary N) is 1. The molecule has 0 saturated carbocycles. The average Bonchev–Trinajstić information content (AvgIpc) is 3.46. The summed E-state index contributed by atoms with van der Waals surface area (Å²) in [6.45, 7) is 2.88. The molecule has 1 saturated heterocycles. The van der Waals surface area contributed by atoms with Gasteiger partial charge in [0.25, 0.3) is 0 Å². The maximum Gasteiger partial charge on any atom is 0.222 e. The molecule has 8 nitrogen and oxygen atoms in total. The number of aryl methyl sites for hydroxylation is 1. The van der Waals surface area contributed by atoms with E-state index in [4.69, 9.17) is 15.5 Å². The van der Waals surface area contributed by atoms with Crippen LogP contribution in [0, 0.1) is 0 Å². The highest BCUT2D eigenvalue weighted by atomic mass is 16.5. The molecular formula is C27H31N5O3. The first-order valence-electron chi connectivity index (χ1n) is 12.1. The molecule has 2 aromatic carbocycles. The number of amides is 1. The molecule has 1 aliphatic rings. The molecule has 0 atom stereocenters. The van der Waals surface area contributed by atoms with E-state index < -0.39 is 0 Å². The third-order valence-corrected chi connectivity index (χ3v) is 6.74. The van der Waals surface area contributed by atoms with Gasteiger partial charge < -0.3 is 25.0 Å². The fraction of sp³-hybridized carbons (Fsp3) is 0.370. The van der Waals surface area contributed by atoms with E-state index in [1.807, 2.05) is 35.2 Å². The summed E-state index contributed by atoms with van der Waals surface area (Å²) in [7, 11) is 1.69. The van der Waals surface area contributed by atoms with E-state index in [9.17, 15) is 9.90 Å². The number of fused-ring (bicyclic) bond motifs is 3. The zero-order valence-corrected chi connectivity index (χ0v) is 20.0. The predicted octanol–water partition coefficient (Wildman–Crippen LogP) is 3.53. The lowest BCUT2D eigenvalue weighted by Gasteiger charge is -2.17. The Morgan fingerprint density at radius 3 is 2.74 bits per heavy atom. The van der Waals surface area contributed by atoms with Crippen molar-refractivity contribution >= 4 is 33.7 Å². The minimum absolute atomic E-state index is 0.000294. The van der Waals surface area contributed by atoms with Crippen molar-refractivity contribution in [3.63, 3.8) is 0 Å². The minimum Gasteiger partial charge on any atom is -0.392 e. The number of hydrogen-bond acceptors (Lipinski definition) is 6. The van der Waals surface area contributed by atoms with E-state index in [1.54, 1.807) is 7.11 Å². The van der Waals surface area contributed by atoms with Gasteiger partial charge in [-0.1, -0.05) is 30.3 Å². The molecule has 0 unspecified atom stereocenters. The summed E-state index contributed by atoms with van der Waals surface area (Å²) in [4.78, 5) is 23.5. The average molecular weight is 474 g/mol. The Bertz CT molecular complexity index is 1380. The Kier molecular flexibility index (Phi) is 6.66. The van der Waals surface area contributed by atoms with Gasteiger partial charge in [-0.05, 0) is 41.7 Å². The zero-order chi connectivity index (χ0) is 24.4. The molecule has 0 radical (unpaired) electrons. The van der Waals surface area contributed by atoms with Crippen LogP contribution in [0.2, 0.25) is 0 Å². The van der Waals surface area contributed by atoms with Crippen LogP contribution in [0.15, 0.2) is 42.5 Å². The van der Waals surface area contributed by atoms with Crippen molar-refractivity contribution < 1.29 is 14.6 Å². The van der Waals surface area contributed by atoms with Gasteiger partial charge in [0, 0.05) is 45.0 Å². The van der Waals surface area contributed by atoms with E-state index in [2.05, 4.69) is 21.7 Å². The molecule has 1 amide bonds. The third-order valence-electron chi connectivity index (χ3n) is 6.74. The van der Waals surface area contributed by atoms with E-state index in [0.717, 1.165) is 71.4 Å². The number of anilines is 1. The number of methoxy groups -OCH3 is 1. The summed E-state index contributed by atoms with van der Waals surface area (Å²) in [6, 6.07) is 14.0. The summed E-state index contributed by atoms with van der Waals surface area (Å²) in [6.07, 6.45) is 3.11. The number of aromatic nitrogens is 3. The molecular weight excluding hydrogens is 442 g/mol. The molecule has 0 spiro atoms. The molecule has 8 heteroatoms. The SMILES string of the molecule is COCCc1nc2c(N)nc3cc(-c4cccc(CO)c4)ccc3c2n1CCCN1CCCC1=O. The van der Waals surface area contributed by atoms with Crippen LogP contribution in [0.1, 0.15) is 30.7 Å². The van der Waals surface area contributed by atoms with Crippen molar-refractivity contribution in [2.75, 3.05) is 32.5 Å². The maximum absolute atomic E-state index is 12.0. The second kappa shape index (κ2) is 10.0. The van der Waals surface area contributed by atoms with Crippen molar-refractivity contribution in [3.8, 4) is 11.1 Å².